The van der Waals surface area contributed by atoms with Gasteiger partial charge in [0.05, 0.1) is 5.69 Å². The van der Waals surface area contributed by atoms with Gasteiger partial charge >= 0.3 is 0 Å². The van der Waals surface area contributed by atoms with Crippen LogP contribution in [0.25, 0.3) is 0 Å². The molecule has 10 heteroatoms. The second-order valence-corrected chi connectivity index (χ2v) is 6.29. The van der Waals surface area contributed by atoms with E-state index in [4.69, 9.17) is 0 Å². The molecule has 0 aliphatic carbocycles. The van der Waals surface area contributed by atoms with Crippen LogP contribution in [0.5, 0.6) is 0 Å². The van der Waals surface area contributed by atoms with Gasteiger partial charge in [-0.1, -0.05) is 6.92 Å². The molecule has 1 saturated heterocycles. The number of hydrogen-bond acceptors (Lipinski definition) is 3. The minimum Gasteiger partial charge on any atom is -0.357 e. The molecule has 1 atom stereocenters. The van der Waals surface area contributed by atoms with Crippen molar-refractivity contribution in [3.8, 4) is 0 Å². The molecule has 1 fully saturated rings. The number of halogens is 3. The number of hydrogen-bond donors (Lipinski definition) is 3. The minimum absolute atomic E-state index is 0.0000000768. The second-order valence-electron chi connectivity index (χ2n) is 6.29. The normalized spacial score (nSPS) is 16.8. The van der Waals surface area contributed by atoms with Gasteiger partial charge in [-0.25, -0.2) is 18.2 Å². The molecule has 154 valence electrons. The SMILES string of the molecule is CCNC(=NCC(=O)Nc1ccc(F)c(F)c1F)NC1CCN(C(=O)CC)C1. The lowest BCUT2D eigenvalue weighted by Crippen LogP contribution is -2.45. The molecular formula is C18H24F3N5O2. The van der Waals surface area contributed by atoms with E-state index in [-0.39, 0.29) is 18.5 Å². The highest BCUT2D eigenvalue weighted by Crippen LogP contribution is 2.19. The second kappa shape index (κ2) is 9.95. The van der Waals surface area contributed by atoms with E-state index in [1.165, 1.54) is 0 Å². The van der Waals surface area contributed by atoms with Crippen LogP contribution < -0.4 is 16.0 Å². The Morgan fingerprint density at radius 3 is 2.64 bits per heavy atom. The lowest BCUT2D eigenvalue weighted by atomic mass is 10.2. The topological polar surface area (TPSA) is 85.8 Å². The molecule has 2 amide bonds. The number of nitrogens with zero attached hydrogens (tertiary/aromatic N) is 2. The first-order valence-electron chi connectivity index (χ1n) is 9.11. The van der Waals surface area contributed by atoms with Gasteiger partial charge < -0.3 is 20.9 Å². The van der Waals surface area contributed by atoms with Crippen LogP contribution >= 0.6 is 0 Å². The fourth-order valence-electron chi connectivity index (χ4n) is 2.80. The quantitative estimate of drug-likeness (QED) is 0.385. The van der Waals surface area contributed by atoms with E-state index in [0.29, 0.717) is 32.0 Å². The first-order valence-corrected chi connectivity index (χ1v) is 9.11. The molecule has 0 saturated carbocycles. The van der Waals surface area contributed by atoms with E-state index in [0.717, 1.165) is 18.6 Å². The zero-order valence-corrected chi connectivity index (χ0v) is 15.8. The van der Waals surface area contributed by atoms with Gasteiger partial charge in [0, 0.05) is 32.1 Å². The smallest absolute Gasteiger partial charge is 0.246 e. The highest BCUT2D eigenvalue weighted by molar-refractivity contribution is 5.94. The van der Waals surface area contributed by atoms with Gasteiger partial charge in [0.1, 0.15) is 6.54 Å². The molecule has 28 heavy (non-hydrogen) atoms. The van der Waals surface area contributed by atoms with Crippen molar-refractivity contribution in [2.75, 3.05) is 31.5 Å². The maximum atomic E-state index is 13.6. The van der Waals surface area contributed by atoms with Gasteiger partial charge in [0.15, 0.2) is 23.4 Å². The maximum Gasteiger partial charge on any atom is 0.246 e. The Morgan fingerprint density at radius 2 is 1.96 bits per heavy atom. The highest BCUT2D eigenvalue weighted by atomic mass is 19.2. The third-order valence-electron chi connectivity index (χ3n) is 4.22. The first-order chi connectivity index (χ1) is 13.3. The van der Waals surface area contributed by atoms with E-state index in [1.807, 2.05) is 13.8 Å². The van der Waals surface area contributed by atoms with Crippen molar-refractivity contribution in [2.45, 2.75) is 32.7 Å². The Balaban J connectivity index is 1.94. The Bertz CT molecular complexity index is 757. The lowest BCUT2D eigenvalue weighted by molar-refractivity contribution is -0.129. The van der Waals surface area contributed by atoms with E-state index >= 15 is 0 Å². The van der Waals surface area contributed by atoms with Crippen molar-refractivity contribution in [1.82, 2.24) is 15.5 Å². The summed E-state index contributed by atoms with van der Waals surface area (Å²) < 4.78 is 39.8. The molecule has 0 aromatic heterocycles. The van der Waals surface area contributed by atoms with E-state index in [2.05, 4.69) is 20.9 Å². The maximum absolute atomic E-state index is 13.6. The summed E-state index contributed by atoms with van der Waals surface area (Å²) in [6.45, 7) is 5.06. The molecule has 3 N–H and O–H groups in total. The van der Waals surface area contributed by atoms with Crippen molar-refractivity contribution in [3.05, 3.63) is 29.6 Å². The highest BCUT2D eigenvalue weighted by Gasteiger charge is 2.25. The zero-order valence-electron chi connectivity index (χ0n) is 15.8. The van der Waals surface area contributed by atoms with Gasteiger partial charge in [-0.3, -0.25) is 9.59 Å². The number of rotatable bonds is 6. The van der Waals surface area contributed by atoms with Gasteiger partial charge in [0.25, 0.3) is 0 Å². The summed E-state index contributed by atoms with van der Waals surface area (Å²) in [4.78, 5) is 29.6. The molecule has 1 aromatic carbocycles. The van der Waals surface area contributed by atoms with E-state index < -0.39 is 29.0 Å². The van der Waals surface area contributed by atoms with Crippen molar-refractivity contribution in [3.63, 3.8) is 0 Å². The number of carbonyl (C=O) groups is 2. The molecule has 1 aliphatic rings. The Hall–Kier alpha value is -2.78. The van der Waals surface area contributed by atoms with Crippen LogP contribution in [-0.2, 0) is 9.59 Å². The van der Waals surface area contributed by atoms with Crippen LogP contribution in [0.2, 0.25) is 0 Å². The molecule has 1 heterocycles. The number of amides is 2. The number of anilines is 1. The first kappa shape index (κ1) is 21.5. The number of likely N-dealkylation sites (tertiary alicyclic amines) is 1. The fourth-order valence-corrected chi connectivity index (χ4v) is 2.80. The molecule has 1 aliphatic heterocycles. The third kappa shape index (κ3) is 5.61. The minimum atomic E-state index is -1.65. The predicted octanol–water partition coefficient (Wildman–Crippen LogP) is 1.61. The Labute approximate surface area is 161 Å². The summed E-state index contributed by atoms with van der Waals surface area (Å²) in [5.41, 5.74) is -0.457. The van der Waals surface area contributed by atoms with Crippen molar-refractivity contribution < 1.29 is 22.8 Å². The molecule has 7 nitrogen and oxygen atoms in total. The summed E-state index contributed by atoms with van der Waals surface area (Å²) in [5, 5.41) is 8.30. The average Bonchev–Trinajstić information content (AvgIpc) is 3.14. The van der Waals surface area contributed by atoms with Crippen LogP contribution in [0, 0.1) is 17.5 Å². The molecular weight excluding hydrogens is 375 g/mol. The standard InChI is InChI=1S/C18H24F3N5O2/c1-3-15(28)26-8-7-11(10-26)24-18(22-4-2)23-9-14(27)25-13-6-5-12(19)16(20)17(13)21/h5-6,11H,3-4,7-10H2,1-2H3,(H,25,27)(H2,22,23,24). The van der Waals surface area contributed by atoms with Crippen molar-refractivity contribution in [2.24, 2.45) is 4.99 Å². The number of guanidine groups is 1. The molecule has 0 radical (unpaired) electrons. The van der Waals surface area contributed by atoms with Crippen LogP contribution in [-0.4, -0.2) is 54.9 Å². The molecule has 0 spiro atoms. The largest absolute Gasteiger partial charge is 0.357 e. The van der Waals surface area contributed by atoms with Gasteiger partial charge in [-0.15, -0.1) is 0 Å². The number of benzene rings is 1. The lowest BCUT2D eigenvalue weighted by Gasteiger charge is -2.18. The van der Waals surface area contributed by atoms with Crippen molar-refractivity contribution >= 4 is 23.5 Å². The van der Waals surface area contributed by atoms with Gasteiger partial charge in [0.2, 0.25) is 11.8 Å². The number of carbonyl (C=O) groups excluding carboxylic acids is 2. The Morgan fingerprint density at radius 1 is 1.21 bits per heavy atom. The summed E-state index contributed by atoms with van der Waals surface area (Å²) >= 11 is 0. The van der Waals surface area contributed by atoms with E-state index in [1.54, 1.807) is 4.90 Å². The molecule has 2 rings (SSSR count). The molecule has 1 unspecified atom stereocenters. The van der Waals surface area contributed by atoms with Crippen LogP contribution in [0.3, 0.4) is 0 Å². The summed E-state index contributed by atoms with van der Waals surface area (Å²) in [6.07, 6.45) is 1.20. The monoisotopic (exact) mass is 399 g/mol. The van der Waals surface area contributed by atoms with Crippen LogP contribution in [0.15, 0.2) is 17.1 Å². The summed E-state index contributed by atoms with van der Waals surface area (Å²) in [5.74, 6) is -4.67. The van der Waals surface area contributed by atoms with Gasteiger partial charge in [-0.2, -0.15) is 0 Å². The number of aliphatic imine (C=N–C) groups is 1. The van der Waals surface area contributed by atoms with E-state index in [9.17, 15) is 22.8 Å². The van der Waals surface area contributed by atoms with Crippen molar-refractivity contribution in [1.29, 1.82) is 0 Å². The summed E-state index contributed by atoms with van der Waals surface area (Å²) in [7, 11) is 0. The zero-order chi connectivity index (χ0) is 20.7. The van der Waals surface area contributed by atoms with Crippen LogP contribution in [0.4, 0.5) is 18.9 Å². The van der Waals surface area contributed by atoms with Gasteiger partial charge in [-0.05, 0) is 25.5 Å². The molecule has 1 aromatic rings. The Kier molecular flexibility index (Phi) is 7.65. The fraction of sp³-hybridized carbons (Fsp3) is 0.500. The van der Waals surface area contributed by atoms with Crippen LogP contribution in [0.1, 0.15) is 26.7 Å². The summed E-state index contributed by atoms with van der Waals surface area (Å²) in [6, 6.07) is 1.67. The average molecular weight is 399 g/mol. The predicted molar refractivity (Wildman–Crippen MR) is 99.3 cm³/mol. The number of nitrogens with one attached hydrogen (secondary N) is 3. The third-order valence-corrected chi connectivity index (χ3v) is 4.22. The molecule has 0 bridgehead atoms.